The number of furan rings is 1. The summed E-state index contributed by atoms with van der Waals surface area (Å²) >= 11 is 1.43. The molecule has 1 aliphatic rings. The van der Waals surface area contributed by atoms with Gasteiger partial charge in [0.05, 0.1) is 18.6 Å². The molecule has 1 saturated heterocycles. The maximum atomic E-state index is 13.4. The third kappa shape index (κ3) is 4.19. The van der Waals surface area contributed by atoms with Crippen molar-refractivity contribution in [1.29, 1.82) is 0 Å². The minimum absolute atomic E-state index is 0.133. The molecule has 1 fully saturated rings. The van der Waals surface area contributed by atoms with Gasteiger partial charge in [-0.3, -0.25) is 9.59 Å². The number of rotatable bonds is 6. The number of amides is 2. The Morgan fingerprint density at radius 3 is 2.59 bits per heavy atom. The summed E-state index contributed by atoms with van der Waals surface area (Å²) < 4.78 is 18.7. The van der Waals surface area contributed by atoms with Crippen molar-refractivity contribution < 1.29 is 18.4 Å². The van der Waals surface area contributed by atoms with Crippen LogP contribution < -0.4 is 5.32 Å². The molecule has 0 aliphatic carbocycles. The minimum atomic E-state index is -0.802. The Balaban J connectivity index is 1.66. The van der Waals surface area contributed by atoms with Gasteiger partial charge in [0, 0.05) is 0 Å². The second-order valence-electron chi connectivity index (χ2n) is 6.63. The molecule has 2 aromatic carbocycles. The zero-order valence-corrected chi connectivity index (χ0v) is 16.3. The Labute approximate surface area is 171 Å². The predicted molar refractivity (Wildman–Crippen MR) is 108 cm³/mol. The summed E-state index contributed by atoms with van der Waals surface area (Å²) in [6.45, 7) is 0.228. The van der Waals surface area contributed by atoms with Gasteiger partial charge in [-0.2, -0.15) is 0 Å². The van der Waals surface area contributed by atoms with Crippen LogP contribution in [0, 0.1) is 5.82 Å². The fraction of sp³-hybridized carbons (Fsp3) is 0.182. The van der Waals surface area contributed by atoms with Crippen molar-refractivity contribution in [2.75, 3.05) is 5.75 Å². The average Bonchev–Trinajstić information content (AvgIpc) is 3.39. The fourth-order valence-corrected chi connectivity index (χ4v) is 4.56. The highest BCUT2D eigenvalue weighted by molar-refractivity contribution is 8.00. The van der Waals surface area contributed by atoms with Crippen LogP contribution in [0.15, 0.2) is 77.4 Å². The SMILES string of the molecule is O=C(NCc1ccco1)C(c1ccccc1)N1C(=O)CSC1c1ccc(F)cc1. The normalized spacial score (nSPS) is 17.3. The van der Waals surface area contributed by atoms with Crippen LogP contribution in [0.1, 0.15) is 28.3 Å². The van der Waals surface area contributed by atoms with Gasteiger partial charge in [-0.15, -0.1) is 11.8 Å². The summed E-state index contributed by atoms with van der Waals surface area (Å²) in [5.41, 5.74) is 1.49. The zero-order valence-electron chi connectivity index (χ0n) is 15.5. The first-order chi connectivity index (χ1) is 14.1. The maximum Gasteiger partial charge on any atom is 0.247 e. The highest BCUT2D eigenvalue weighted by Gasteiger charge is 2.41. The van der Waals surface area contributed by atoms with Gasteiger partial charge in [-0.1, -0.05) is 42.5 Å². The highest BCUT2D eigenvalue weighted by Crippen LogP contribution is 2.43. The van der Waals surface area contributed by atoms with E-state index in [2.05, 4.69) is 5.32 Å². The molecule has 2 unspecified atom stereocenters. The number of hydrogen-bond donors (Lipinski definition) is 1. The largest absolute Gasteiger partial charge is 0.467 e. The Hall–Kier alpha value is -3.06. The van der Waals surface area contributed by atoms with Crippen LogP contribution in [0.2, 0.25) is 0 Å². The topological polar surface area (TPSA) is 62.6 Å². The van der Waals surface area contributed by atoms with E-state index >= 15 is 0 Å². The molecule has 148 valence electrons. The lowest BCUT2D eigenvalue weighted by Gasteiger charge is -2.32. The molecule has 0 saturated carbocycles. The third-order valence-electron chi connectivity index (χ3n) is 4.72. The number of nitrogens with one attached hydrogen (secondary N) is 1. The summed E-state index contributed by atoms with van der Waals surface area (Å²) in [4.78, 5) is 27.6. The lowest BCUT2D eigenvalue weighted by molar-refractivity contribution is -0.139. The molecule has 2 heterocycles. The van der Waals surface area contributed by atoms with Crippen LogP contribution in [0.25, 0.3) is 0 Å². The van der Waals surface area contributed by atoms with E-state index in [0.717, 1.165) is 5.56 Å². The van der Waals surface area contributed by atoms with E-state index in [9.17, 15) is 14.0 Å². The molecule has 1 N–H and O–H groups in total. The van der Waals surface area contributed by atoms with Crippen LogP contribution >= 0.6 is 11.8 Å². The van der Waals surface area contributed by atoms with Crippen molar-refractivity contribution in [3.8, 4) is 0 Å². The number of halogens is 1. The Morgan fingerprint density at radius 2 is 1.90 bits per heavy atom. The van der Waals surface area contributed by atoms with Crippen molar-refractivity contribution >= 4 is 23.6 Å². The van der Waals surface area contributed by atoms with Crippen molar-refractivity contribution in [1.82, 2.24) is 10.2 Å². The number of hydrogen-bond acceptors (Lipinski definition) is 4. The second-order valence-corrected chi connectivity index (χ2v) is 7.69. The lowest BCUT2D eigenvalue weighted by atomic mass is 10.0. The minimum Gasteiger partial charge on any atom is -0.467 e. The van der Waals surface area contributed by atoms with E-state index in [1.165, 1.54) is 23.9 Å². The maximum absolute atomic E-state index is 13.4. The van der Waals surface area contributed by atoms with Gasteiger partial charge in [0.1, 0.15) is 23.0 Å². The monoisotopic (exact) mass is 410 g/mol. The highest BCUT2D eigenvalue weighted by atomic mass is 32.2. The molecule has 1 aromatic heterocycles. The van der Waals surface area contributed by atoms with Crippen LogP contribution in [-0.4, -0.2) is 22.5 Å². The van der Waals surface area contributed by atoms with Crippen LogP contribution in [-0.2, 0) is 16.1 Å². The van der Waals surface area contributed by atoms with Crippen molar-refractivity contribution in [2.24, 2.45) is 0 Å². The van der Waals surface area contributed by atoms with Crippen LogP contribution in [0.4, 0.5) is 4.39 Å². The molecule has 2 atom stereocenters. The van der Waals surface area contributed by atoms with Gasteiger partial charge in [0.25, 0.3) is 0 Å². The first-order valence-electron chi connectivity index (χ1n) is 9.17. The summed E-state index contributed by atoms with van der Waals surface area (Å²) in [6.07, 6.45) is 1.54. The van der Waals surface area contributed by atoms with Crippen molar-refractivity contribution in [3.63, 3.8) is 0 Å². The van der Waals surface area contributed by atoms with E-state index in [1.807, 2.05) is 30.3 Å². The van der Waals surface area contributed by atoms with Crippen molar-refractivity contribution in [2.45, 2.75) is 18.0 Å². The van der Waals surface area contributed by atoms with Gasteiger partial charge in [-0.25, -0.2) is 4.39 Å². The molecule has 1 aliphatic heterocycles. The fourth-order valence-electron chi connectivity index (χ4n) is 3.36. The van der Waals surface area contributed by atoms with Gasteiger partial charge < -0.3 is 14.6 Å². The van der Waals surface area contributed by atoms with Gasteiger partial charge in [0.15, 0.2) is 0 Å². The van der Waals surface area contributed by atoms with Gasteiger partial charge in [-0.05, 0) is 35.4 Å². The Morgan fingerprint density at radius 1 is 1.14 bits per heavy atom. The molecule has 2 amide bonds. The molecule has 0 radical (unpaired) electrons. The number of carbonyl (C=O) groups is 2. The number of thioether (sulfide) groups is 1. The predicted octanol–water partition coefficient (Wildman–Crippen LogP) is 4.05. The Bertz CT molecular complexity index is 977. The molecular weight excluding hydrogens is 391 g/mol. The number of carbonyl (C=O) groups excluding carboxylic acids is 2. The zero-order chi connectivity index (χ0) is 20.2. The molecule has 7 heteroatoms. The van der Waals surface area contributed by atoms with Crippen LogP contribution in [0.3, 0.4) is 0 Å². The van der Waals surface area contributed by atoms with E-state index in [-0.39, 0.29) is 35.3 Å². The summed E-state index contributed by atoms with van der Waals surface area (Å²) in [5.74, 6) is 0.117. The standard InChI is InChI=1S/C22H19FN2O3S/c23-17-10-8-16(9-11-17)22-25(19(26)14-29-22)20(15-5-2-1-3-6-15)21(27)24-13-18-7-4-12-28-18/h1-12,20,22H,13-14H2,(H,24,27). The quantitative estimate of drug-likeness (QED) is 0.666. The molecular formula is C22H19FN2O3S. The average molecular weight is 410 g/mol. The summed E-state index contributed by atoms with van der Waals surface area (Å²) in [6, 6.07) is 18.0. The van der Waals surface area contributed by atoms with Gasteiger partial charge in [0.2, 0.25) is 11.8 Å². The van der Waals surface area contributed by atoms with Crippen molar-refractivity contribution in [3.05, 3.63) is 95.7 Å². The number of nitrogens with zero attached hydrogens (tertiary/aromatic N) is 1. The smallest absolute Gasteiger partial charge is 0.247 e. The molecule has 5 nitrogen and oxygen atoms in total. The number of benzene rings is 2. The second kappa shape index (κ2) is 8.53. The summed E-state index contributed by atoms with van der Waals surface area (Å²) in [5, 5.41) is 2.49. The molecule has 4 rings (SSSR count). The Kier molecular flexibility index (Phi) is 5.67. The van der Waals surface area contributed by atoms with E-state index in [4.69, 9.17) is 4.42 Å². The van der Waals surface area contributed by atoms with E-state index < -0.39 is 6.04 Å². The molecule has 0 spiro atoms. The van der Waals surface area contributed by atoms with Gasteiger partial charge >= 0.3 is 0 Å². The first-order valence-corrected chi connectivity index (χ1v) is 10.2. The lowest BCUT2D eigenvalue weighted by Crippen LogP contribution is -2.42. The molecule has 0 bridgehead atoms. The first kappa shape index (κ1) is 19.3. The third-order valence-corrected chi connectivity index (χ3v) is 5.95. The van der Waals surface area contributed by atoms with E-state index in [1.54, 1.807) is 35.4 Å². The molecule has 29 heavy (non-hydrogen) atoms. The van der Waals surface area contributed by atoms with E-state index in [0.29, 0.717) is 11.3 Å². The van der Waals surface area contributed by atoms with Crippen LogP contribution in [0.5, 0.6) is 0 Å². The summed E-state index contributed by atoms with van der Waals surface area (Å²) in [7, 11) is 0. The molecule has 3 aromatic rings.